The summed E-state index contributed by atoms with van der Waals surface area (Å²) in [7, 11) is 3.30. The molecule has 8 nitrogen and oxygen atoms in total. The Morgan fingerprint density at radius 1 is 1.22 bits per heavy atom. The smallest absolute Gasteiger partial charge is 0.312 e. The van der Waals surface area contributed by atoms with Gasteiger partial charge in [0, 0.05) is 38.8 Å². The molecule has 0 saturated carbocycles. The number of ether oxygens (including phenoxy) is 2. The van der Waals surface area contributed by atoms with E-state index >= 15 is 0 Å². The van der Waals surface area contributed by atoms with E-state index in [1.807, 2.05) is 33.9 Å². The monoisotopic (exact) mass is 559 g/mol. The van der Waals surface area contributed by atoms with Gasteiger partial charge in [-0.25, -0.2) is 9.67 Å². The number of nitrogens with zero attached hydrogens (tertiary/aromatic N) is 5. The normalized spacial score (nSPS) is 16.6. The zero-order valence-corrected chi connectivity index (χ0v) is 24.9. The lowest BCUT2D eigenvalue weighted by Gasteiger charge is -2.34. The van der Waals surface area contributed by atoms with E-state index < -0.39 is 11.4 Å². The van der Waals surface area contributed by atoms with Gasteiger partial charge in [0.15, 0.2) is 0 Å². The Balaban J connectivity index is 1.58. The van der Waals surface area contributed by atoms with Crippen LogP contribution in [0, 0.1) is 25.2 Å². The molecule has 41 heavy (non-hydrogen) atoms. The molecular weight excluding hydrogens is 521 g/mol. The van der Waals surface area contributed by atoms with E-state index in [0.717, 1.165) is 45.3 Å². The Morgan fingerprint density at radius 2 is 2.00 bits per heavy atom. The number of carbonyl (C=O) groups is 1. The van der Waals surface area contributed by atoms with E-state index in [0.29, 0.717) is 30.9 Å². The molecule has 1 aliphatic heterocycles. The van der Waals surface area contributed by atoms with Crippen LogP contribution in [-0.4, -0.2) is 50.6 Å². The predicted octanol–water partition coefficient (Wildman–Crippen LogP) is 5.62. The lowest BCUT2D eigenvalue weighted by molar-refractivity contribution is -0.151. The Kier molecular flexibility index (Phi) is 7.83. The Morgan fingerprint density at radius 3 is 2.73 bits per heavy atom. The van der Waals surface area contributed by atoms with E-state index in [9.17, 15) is 9.18 Å². The second-order valence-corrected chi connectivity index (χ2v) is 11.6. The van der Waals surface area contributed by atoms with Crippen LogP contribution in [0.1, 0.15) is 66.5 Å². The highest BCUT2D eigenvalue weighted by Crippen LogP contribution is 2.44. The number of fused-ring (bicyclic) bond motifs is 2. The fourth-order valence-electron chi connectivity index (χ4n) is 6.04. The minimum atomic E-state index is -0.876. The van der Waals surface area contributed by atoms with Crippen molar-refractivity contribution in [2.45, 2.75) is 66.2 Å². The first kappa shape index (κ1) is 28.7. The Hall–Kier alpha value is -3.85. The van der Waals surface area contributed by atoms with Crippen LogP contribution < -0.4 is 4.74 Å². The molecule has 0 amide bonds. The number of methoxy groups -OCH3 is 1. The van der Waals surface area contributed by atoms with Gasteiger partial charge >= 0.3 is 5.97 Å². The van der Waals surface area contributed by atoms with Crippen LogP contribution in [0.25, 0.3) is 11.0 Å². The van der Waals surface area contributed by atoms with Gasteiger partial charge in [0.05, 0.1) is 23.6 Å². The minimum Gasteiger partial charge on any atom is -0.489 e. The highest BCUT2D eigenvalue weighted by molar-refractivity contribution is 5.82. The van der Waals surface area contributed by atoms with Crippen LogP contribution in [0.15, 0.2) is 42.6 Å². The van der Waals surface area contributed by atoms with Crippen molar-refractivity contribution >= 4 is 17.0 Å². The average Bonchev–Trinajstić information content (AvgIpc) is 3.22. The van der Waals surface area contributed by atoms with Crippen molar-refractivity contribution in [2.75, 3.05) is 13.7 Å². The number of benzene rings is 2. The summed E-state index contributed by atoms with van der Waals surface area (Å²) in [4.78, 5) is 19.3. The molecule has 0 bridgehead atoms. The second-order valence-electron chi connectivity index (χ2n) is 11.6. The molecule has 4 aromatic rings. The Bertz CT molecular complexity index is 1600. The largest absolute Gasteiger partial charge is 0.489 e. The van der Waals surface area contributed by atoms with Gasteiger partial charge in [0.1, 0.15) is 17.4 Å². The van der Waals surface area contributed by atoms with Gasteiger partial charge in [-0.2, -0.15) is 4.39 Å². The average molecular weight is 560 g/mol. The number of halogens is 1. The second kappa shape index (κ2) is 11.2. The minimum absolute atomic E-state index is 0.0612. The summed E-state index contributed by atoms with van der Waals surface area (Å²) in [6, 6.07) is 12.2. The third-order valence-electron chi connectivity index (χ3n) is 8.48. The van der Waals surface area contributed by atoms with Crippen LogP contribution >= 0.6 is 0 Å². The van der Waals surface area contributed by atoms with Crippen LogP contribution in [0.3, 0.4) is 0 Å². The number of carbonyl (C=O) groups excluding carboxylic acids is 1. The maximum absolute atomic E-state index is 14.8. The van der Waals surface area contributed by atoms with Crippen LogP contribution in [0.5, 0.6) is 5.75 Å². The molecule has 1 unspecified atom stereocenters. The van der Waals surface area contributed by atoms with Gasteiger partial charge in [-0.15, -0.1) is 5.10 Å². The molecule has 0 radical (unpaired) electrons. The molecule has 0 saturated heterocycles. The number of pyridine rings is 1. The molecule has 2 aromatic heterocycles. The number of esters is 1. The van der Waals surface area contributed by atoms with E-state index in [2.05, 4.69) is 58.3 Å². The van der Waals surface area contributed by atoms with E-state index in [-0.39, 0.29) is 18.0 Å². The lowest BCUT2D eigenvalue weighted by atomic mass is 9.69. The van der Waals surface area contributed by atoms with E-state index in [1.165, 1.54) is 13.3 Å². The molecule has 0 aliphatic carbocycles. The topological polar surface area (TPSA) is 82.4 Å². The zero-order chi connectivity index (χ0) is 29.5. The van der Waals surface area contributed by atoms with E-state index in [4.69, 9.17) is 9.47 Å². The van der Waals surface area contributed by atoms with Gasteiger partial charge in [-0.3, -0.25) is 9.69 Å². The summed E-state index contributed by atoms with van der Waals surface area (Å²) < 4.78 is 27.9. The number of hydrogen-bond donors (Lipinski definition) is 0. The predicted molar refractivity (Wildman–Crippen MR) is 155 cm³/mol. The molecule has 9 heteroatoms. The van der Waals surface area contributed by atoms with Crippen molar-refractivity contribution < 1.29 is 18.7 Å². The Labute approximate surface area is 240 Å². The van der Waals surface area contributed by atoms with Gasteiger partial charge in [0.2, 0.25) is 5.95 Å². The van der Waals surface area contributed by atoms with Crippen LogP contribution in [0.2, 0.25) is 0 Å². The molecule has 1 aliphatic rings. The van der Waals surface area contributed by atoms with Gasteiger partial charge in [-0.1, -0.05) is 36.4 Å². The fourth-order valence-corrected chi connectivity index (χ4v) is 6.04. The molecule has 0 spiro atoms. The van der Waals surface area contributed by atoms with Crippen molar-refractivity contribution in [1.82, 2.24) is 24.9 Å². The molecule has 5 rings (SSSR count). The van der Waals surface area contributed by atoms with Gasteiger partial charge in [-0.05, 0) is 74.1 Å². The highest BCUT2D eigenvalue weighted by Gasteiger charge is 2.41. The number of rotatable bonds is 7. The highest BCUT2D eigenvalue weighted by atomic mass is 19.1. The first-order valence-electron chi connectivity index (χ1n) is 14.0. The lowest BCUT2D eigenvalue weighted by Crippen LogP contribution is -2.34. The summed E-state index contributed by atoms with van der Waals surface area (Å²) in [5.41, 5.74) is 6.56. The molecule has 216 valence electrons. The number of aryl methyl sites for hydroxylation is 3. The van der Waals surface area contributed by atoms with Crippen molar-refractivity contribution in [3.8, 4) is 5.75 Å². The SMILES string of the molecule is CC[C@@H]1CN(Cc2cc(C(c3ccc4c(nnn4C)c3C)C(C)(C)C(=O)OC)ccc2C)Cc2c(ccnc2F)O1. The summed E-state index contributed by atoms with van der Waals surface area (Å²) in [5.74, 6) is -0.533. The molecule has 2 atom stereocenters. The first-order valence-corrected chi connectivity index (χ1v) is 14.0. The van der Waals surface area contributed by atoms with Crippen molar-refractivity contribution in [2.24, 2.45) is 12.5 Å². The summed E-state index contributed by atoms with van der Waals surface area (Å²) in [5, 5.41) is 8.61. The summed E-state index contributed by atoms with van der Waals surface area (Å²) in [6.07, 6.45) is 2.19. The quantitative estimate of drug-likeness (QED) is 0.215. The third kappa shape index (κ3) is 5.30. The van der Waals surface area contributed by atoms with Crippen molar-refractivity contribution in [3.63, 3.8) is 0 Å². The van der Waals surface area contributed by atoms with Crippen LogP contribution in [-0.2, 0) is 29.7 Å². The van der Waals surface area contributed by atoms with Crippen molar-refractivity contribution in [1.29, 1.82) is 0 Å². The zero-order valence-electron chi connectivity index (χ0n) is 24.9. The van der Waals surface area contributed by atoms with Crippen LogP contribution in [0.4, 0.5) is 4.39 Å². The standard InChI is InChI=1S/C32H38FN5O3/c1-8-23-17-38(18-25-27(41-23)13-14-34-30(25)33)16-22-15-21(10-9-19(22)2)28(32(4,5)31(39)40-7)24-11-12-26-29(20(24)3)35-36-37(26)6/h9-15,23,28H,8,16-18H2,1-7H3/t23-,28?/m1/s1. The summed E-state index contributed by atoms with van der Waals surface area (Å²) >= 11 is 0. The molecular formula is C32H38FN5O3. The summed E-state index contributed by atoms with van der Waals surface area (Å²) in [6.45, 7) is 11.7. The van der Waals surface area contributed by atoms with Gasteiger partial charge < -0.3 is 9.47 Å². The maximum Gasteiger partial charge on any atom is 0.312 e. The van der Waals surface area contributed by atoms with E-state index in [1.54, 1.807) is 10.7 Å². The first-order chi connectivity index (χ1) is 19.5. The maximum atomic E-state index is 14.8. The number of aromatic nitrogens is 4. The number of hydrogen-bond acceptors (Lipinski definition) is 7. The fraction of sp³-hybridized carbons (Fsp3) is 0.438. The molecule has 2 aromatic carbocycles. The molecule has 0 fully saturated rings. The van der Waals surface area contributed by atoms with Crippen molar-refractivity contribution in [3.05, 3.63) is 81.9 Å². The molecule has 0 N–H and O–H groups in total. The molecule has 3 heterocycles. The van der Waals surface area contributed by atoms with Gasteiger partial charge in [0.25, 0.3) is 0 Å². The third-order valence-corrected chi connectivity index (χ3v) is 8.48.